The number of hydrogen-bond acceptors (Lipinski definition) is 5. The lowest BCUT2D eigenvalue weighted by Crippen LogP contribution is -2.23. The fourth-order valence-electron chi connectivity index (χ4n) is 1.81. The van der Waals surface area contributed by atoms with E-state index in [2.05, 4.69) is 36.1 Å². The quantitative estimate of drug-likeness (QED) is 0.920. The number of thioether (sulfide) groups is 2. The van der Waals surface area contributed by atoms with Gasteiger partial charge in [0.1, 0.15) is 5.82 Å². The molecule has 1 aliphatic rings. The molecule has 3 atom stereocenters. The van der Waals surface area contributed by atoms with Gasteiger partial charge in [0.15, 0.2) is 0 Å². The van der Waals surface area contributed by atoms with Crippen molar-refractivity contribution in [3.05, 3.63) is 23.8 Å². The minimum absolute atomic E-state index is 0.453. The van der Waals surface area contributed by atoms with Gasteiger partial charge in [-0.2, -0.15) is 11.8 Å². The SMILES string of the molecule is CCNCc1cnc(C2CSC(C)C(C)S2)nc1. The molecule has 0 spiro atoms. The predicted octanol–water partition coefficient (Wildman–Crippen LogP) is 2.88. The molecule has 3 nitrogen and oxygen atoms in total. The van der Waals surface area contributed by atoms with Gasteiger partial charge in [0.05, 0.1) is 5.25 Å². The van der Waals surface area contributed by atoms with Gasteiger partial charge < -0.3 is 5.32 Å². The Labute approximate surface area is 118 Å². The number of rotatable bonds is 4. The van der Waals surface area contributed by atoms with Gasteiger partial charge in [-0.15, -0.1) is 11.8 Å². The first-order valence-corrected chi connectivity index (χ1v) is 8.48. The van der Waals surface area contributed by atoms with Crippen molar-refractivity contribution in [3.63, 3.8) is 0 Å². The first kappa shape index (κ1) is 14.2. The molecule has 0 saturated carbocycles. The van der Waals surface area contributed by atoms with Crippen molar-refractivity contribution in [3.8, 4) is 0 Å². The topological polar surface area (TPSA) is 37.8 Å². The summed E-state index contributed by atoms with van der Waals surface area (Å²) in [5.41, 5.74) is 1.16. The fourth-order valence-corrected chi connectivity index (χ4v) is 4.67. The summed E-state index contributed by atoms with van der Waals surface area (Å²) >= 11 is 4.04. The molecule has 0 aliphatic carbocycles. The zero-order valence-corrected chi connectivity index (χ0v) is 12.9. The molecule has 18 heavy (non-hydrogen) atoms. The summed E-state index contributed by atoms with van der Waals surface area (Å²) in [5.74, 6) is 2.12. The molecule has 1 aromatic heterocycles. The maximum Gasteiger partial charge on any atom is 0.142 e. The average Bonchev–Trinajstić information content (AvgIpc) is 2.40. The largest absolute Gasteiger partial charge is 0.313 e. The van der Waals surface area contributed by atoms with E-state index < -0.39 is 0 Å². The van der Waals surface area contributed by atoms with Gasteiger partial charge in [-0.3, -0.25) is 0 Å². The van der Waals surface area contributed by atoms with Crippen LogP contribution in [-0.2, 0) is 6.54 Å². The third-order valence-corrected chi connectivity index (χ3v) is 6.53. The third kappa shape index (κ3) is 3.62. The highest BCUT2D eigenvalue weighted by Crippen LogP contribution is 2.42. The van der Waals surface area contributed by atoms with Crippen LogP contribution in [0.4, 0.5) is 0 Å². The Balaban J connectivity index is 1.97. The highest BCUT2D eigenvalue weighted by atomic mass is 32.2. The molecule has 0 radical (unpaired) electrons. The van der Waals surface area contributed by atoms with Gasteiger partial charge in [-0.1, -0.05) is 20.8 Å². The van der Waals surface area contributed by atoms with Crippen molar-refractivity contribution < 1.29 is 0 Å². The van der Waals surface area contributed by atoms with Gasteiger partial charge in [0, 0.05) is 40.8 Å². The van der Waals surface area contributed by atoms with E-state index in [1.165, 1.54) is 0 Å². The third-order valence-electron chi connectivity index (χ3n) is 3.14. The summed E-state index contributed by atoms with van der Waals surface area (Å²) in [4.78, 5) is 9.06. The first-order chi connectivity index (χ1) is 8.70. The van der Waals surface area contributed by atoms with Gasteiger partial charge in [0.2, 0.25) is 0 Å². The van der Waals surface area contributed by atoms with Crippen LogP contribution >= 0.6 is 23.5 Å². The van der Waals surface area contributed by atoms with Crippen molar-refractivity contribution in [1.82, 2.24) is 15.3 Å². The number of aromatic nitrogens is 2. The summed E-state index contributed by atoms with van der Waals surface area (Å²) in [6, 6.07) is 0. The van der Waals surface area contributed by atoms with Gasteiger partial charge in [-0.25, -0.2) is 9.97 Å². The predicted molar refractivity (Wildman–Crippen MR) is 81.1 cm³/mol. The van der Waals surface area contributed by atoms with Gasteiger partial charge in [-0.05, 0) is 6.54 Å². The zero-order valence-electron chi connectivity index (χ0n) is 11.2. The number of hydrogen-bond donors (Lipinski definition) is 1. The Kier molecular flexibility index (Phi) is 5.33. The van der Waals surface area contributed by atoms with E-state index in [0.717, 1.165) is 35.5 Å². The molecule has 1 fully saturated rings. The molecule has 1 saturated heterocycles. The van der Waals surface area contributed by atoms with Crippen molar-refractivity contribution in [2.24, 2.45) is 0 Å². The van der Waals surface area contributed by atoms with Crippen LogP contribution in [0.2, 0.25) is 0 Å². The standard InChI is InChI=1S/C13H21N3S2/c1-4-14-5-11-6-15-13(16-7-11)12-8-17-9(2)10(3)18-12/h6-7,9-10,12,14H,4-5,8H2,1-3H3. The van der Waals surface area contributed by atoms with E-state index in [4.69, 9.17) is 0 Å². The van der Waals surface area contributed by atoms with Crippen LogP contribution in [0.3, 0.4) is 0 Å². The average molecular weight is 283 g/mol. The van der Waals surface area contributed by atoms with Crippen LogP contribution in [-0.4, -0.2) is 32.8 Å². The second-order valence-electron chi connectivity index (χ2n) is 4.60. The smallest absolute Gasteiger partial charge is 0.142 e. The minimum atomic E-state index is 0.453. The number of nitrogens with zero attached hydrogens (tertiary/aromatic N) is 2. The Morgan fingerprint density at radius 3 is 2.61 bits per heavy atom. The second kappa shape index (κ2) is 6.78. The Morgan fingerprint density at radius 2 is 2.00 bits per heavy atom. The van der Waals surface area contributed by atoms with Crippen LogP contribution in [0.1, 0.15) is 37.4 Å². The molecule has 0 aromatic carbocycles. The molecule has 3 unspecified atom stereocenters. The lowest BCUT2D eigenvalue weighted by molar-refractivity contribution is 0.717. The summed E-state index contributed by atoms with van der Waals surface area (Å²) in [6.07, 6.45) is 3.91. The lowest BCUT2D eigenvalue weighted by atomic mass is 10.3. The highest BCUT2D eigenvalue weighted by molar-refractivity contribution is 8.07. The molecule has 1 aromatic rings. The first-order valence-electron chi connectivity index (χ1n) is 6.49. The summed E-state index contributed by atoms with van der Waals surface area (Å²) in [5, 5.41) is 5.16. The van der Waals surface area contributed by atoms with Crippen molar-refractivity contribution in [2.45, 2.75) is 43.1 Å². The van der Waals surface area contributed by atoms with E-state index in [1.54, 1.807) is 0 Å². The summed E-state index contributed by atoms with van der Waals surface area (Å²) < 4.78 is 0. The van der Waals surface area contributed by atoms with E-state index >= 15 is 0 Å². The van der Waals surface area contributed by atoms with E-state index in [9.17, 15) is 0 Å². The molecular weight excluding hydrogens is 262 g/mol. The van der Waals surface area contributed by atoms with Crippen molar-refractivity contribution in [1.29, 1.82) is 0 Å². The molecular formula is C13H21N3S2. The van der Waals surface area contributed by atoms with Crippen LogP contribution in [0.25, 0.3) is 0 Å². The normalized spacial score (nSPS) is 28.3. The van der Waals surface area contributed by atoms with E-state index in [1.807, 2.05) is 35.9 Å². The van der Waals surface area contributed by atoms with Gasteiger partial charge in [0.25, 0.3) is 0 Å². The summed E-state index contributed by atoms with van der Waals surface area (Å²) in [6.45, 7) is 8.55. The van der Waals surface area contributed by atoms with Gasteiger partial charge >= 0.3 is 0 Å². The lowest BCUT2D eigenvalue weighted by Gasteiger charge is -2.30. The highest BCUT2D eigenvalue weighted by Gasteiger charge is 2.28. The Bertz CT molecular complexity index is 369. The zero-order chi connectivity index (χ0) is 13.0. The van der Waals surface area contributed by atoms with Crippen molar-refractivity contribution >= 4 is 23.5 Å². The Morgan fingerprint density at radius 1 is 1.28 bits per heavy atom. The second-order valence-corrected chi connectivity index (χ2v) is 7.59. The Hall–Kier alpha value is -0.260. The van der Waals surface area contributed by atoms with E-state index in [-0.39, 0.29) is 0 Å². The molecule has 1 N–H and O–H groups in total. The van der Waals surface area contributed by atoms with Crippen molar-refractivity contribution in [2.75, 3.05) is 12.3 Å². The van der Waals surface area contributed by atoms with Crippen LogP contribution in [0, 0.1) is 0 Å². The fraction of sp³-hybridized carbons (Fsp3) is 0.692. The minimum Gasteiger partial charge on any atom is -0.313 e. The molecule has 2 rings (SSSR count). The molecule has 2 heterocycles. The number of nitrogens with one attached hydrogen (secondary N) is 1. The maximum atomic E-state index is 4.53. The van der Waals surface area contributed by atoms with Crippen LogP contribution in [0.5, 0.6) is 0 Å². The molecule has 0 bridgehead atoms. The monoisotopic (exact) mass is 283 g/mol. The molecule has 100 valence electrons. The molecule has 0 amide bonds. The van der Waals surface area contributed by atoms with Crippen LogP contribution in [0.15, 0.2) is 12.4 Å². The van der Waals surface area contributed by atoms with Crippen LogP contribution < -0.4 is 5.32 Å². The van der Waals surface area contributed by atoms with E-state index in [0.29, 0.717) is 10.5 Å². The summed E-state index contributed by atoms with van der Waals surface area (Å²) in [7, 11) is 0. The maximum absolute atomic E-state index is 4.53. The molecule has 5 heteroatoms. The molecule has 1 aliphatic heterocycles.